The number of anilines is 1. The molecule has 0 aliphatic rings. The number of nitrogens with zero attached hydrogens (tertiary/aromatic N) is 1. The van der Waals surface area contributed by atoms with Crippen molar-refractivity contribution in [1.29, 1.82) is 0 Å². The first-order chi connectivity index (χ1) is 7.99. The van der Waals surface area contributed by atoms with Gasteiger partial charge in [-0.1, -0.05) is 42.2 Å². The van der Waals surface area contributed by atoms with E-state index >= 15 is 0 Å². The van der Waals surface area contributed by atoms with Crippen LogP contribution in [-0.4, -0.2) is 5.16 Å². The van der Waals surface area contributed by atoms with Crippen molar-refractivity contribution in [3.63, 3.8) is 0 Å². The molecular weight excluding hydrogens is 279 g/mol. The van der Waals surface area contributed by atoms with Crippen molar-refractivity contribution >= 4 is 40.4 Å². The van der Waals surface area contributed by atoms with Crippen molar-refractivity contribution in [3.05, 3.63) is 20.3 Å². The average molecular weight is 291 g/mol. The summed E-state index contributed by atoms with van der Waals surface area (Å²) in [6.07, 6.45) is 0.800. The third kappa shape index (κ3) is 2.59. The Morgan fingerprint density at radius 3 is 2.71 bits per heavy atom. The second kappa shape index (κ2) is 4.88. The Morgan fingerprint density at radius 1 is 1.47 bits per heavy atom. The third-order valence-corrected chi connectivity index (χ3v) is 3.82. The van der Waals surface area contributed by atoms with Gasteiger partial charge in [-0.05, 0) is 18.4 Å². The predicted molar refractivity (Wildman–Crippen MR) is 72.8 cm³/mol. The van der Waals surface area contributed by atoms with Crippen molar-refractivity contribution in [3.8, 4) is 11.3 Å². The van der Waals surface area contributed by atoms with Crippen molar-refractivity contribution in [1.82, 2.24) is 5.16 Å². The molecule has 2 rings (SSSR count). The Hall–Kier alpha value is -0.710. The Balaban J connectivity index is 2.48. The zero-order valence-electron chi connectivity index (χ0n) is 9.46. The molecule has 2 aromatic rings. The lowest BCUT2D eigenvalue weighted by Gasteiger charge is -2.04. The molecule has 0 saturated heterocycles. The monoisotopic (exact) mass is 290 g/mol. The van der Waals surface area contributed by atoms with Crippen LogP contribution in [0.1, 0.15) is 19.4 Å². The standard InChI is InChI=1S/C11H12Cl2N2OS/c1-5(2)3-7-9(16-15-11(7)14)6-4-8(12)17-10(6)13/h4-5H,3H2,1-2H3,(H2,14,15). The summed E-state index contributed by atoms with van der Waals surface area (Å²) in [5.41, 5.74) is 7.47. The highest BCUT2D eigenvalue weighted by atomic mass is 35.5. The molecule has 0 saturated carbocycles. The molecule has 2 heterocycles. The number of halogens is 2. The zero-order chi connectivity index (χ0) is 12.6. The fourth-order valence-corrected chi connectivity index (χ4v) is 3.09. The number of aromatic nitrogens is 1. The van der Waals surface area contributed by atoms with Crippen molar-refractivity contribution in [2.75, 3.05) is 5.73 Å². The molecule has 3 nitrogen and oxygen atoms in total. The van der Waals surface area contributed by atoms with Crippen molar-refractivity contribution < 1.29 is 4.52 Å². The van der Waals surface area contributed by atoms with E-state index in [0.717, 1.165) is 17.5 Å². The zero-order valence-corrected chi connectivity index (χ0v) is 11.8. The molecule has 92 valence electrons. The Kier molecular flexibility index (Phi) is 3.66. The van der Waals surface area contributed by atoms with E-state index in [-0.39, 0.29) is 0 Å². The summed E-state index contributed by atoms with van der Waals surface area (Å²) in [5.74, 6) is 1.51. The second-order valence-corrected chi connectivity index (χ2v) is 6.50. The molecule has 0 aromatic carbocycles. The van der Waals surface area contributed by atoms with Crippen LogP contribution in [0.3, 0.4) is 0 Å². The van der Waals surface area contributed by atoms with Crippen LogP contribution in [0.25, 0.3) is 11.3 Å². The summed E-state index contributed by atoms with van der Waals surface area (Å²) in [6, 6.07) is 1.78. The quantitative estimate of drug-likeness (QED) is 0.906. The summed E-state index contributed by atoms with van der Waals surface area (Å²) in [5, 5.41) is 3.80. The lowest BCUT2D eigenvalue weighted by molar-refractivity contribution is 0.434. The normalized spacial score (nSPS) is 11.4. The van der Waals surface area contributed by atoms with Crippen LogP contribution in [-0.2, 0) is 6.42 Å². The van der Waals surface area contributed by atoms with E-state index in [4.69, 9.17) is 33.5 Å². The minimum absolute atomic E-state index is 0.423. The molecule has 0 amide bonds. The largest absolute Gasteiger partial charge is 0.381 e. The molecule has 0 unspecified atom stereocenters. The molecule has 0 atom stereocenters. The van der Waals surface area contributed by atoms with E-state index in [1.54, 1.807) is 6.07 Å². The summed E-state index contributed by atoms with van der Waals surface area (Å²) in [6.45, 7) is 4.22. The minimum Gasteiger partial charge on any atom is -0.381 e. The maximum Gasteiger partial charge on any atom is 0.174 e. The number of hydrogen-bond acceptors (Lipinski definition) is 4. The van der Waals surface area contributed by atoms with Gasteiger partial charge >= 0.3 is 0 Å². The first kappa shape index (κ1) is 12.7. The Morgan fingerprint density at radius 2 is 2.18 bits per heavy atom. The van der Waals surface area contributed by atoms with E-state index in [2.05, 4.69) is 19.0 Å². The average Bonchev–Trinajstić information content (AvgIpc) is 2.71. The molecule has 0 radical (unpaired) electrons. The van der Waals surface area contributed by atoms with Crippen LogP contribution in [0, 0.1) is 5.92 Å². The molecule has 0 fully saturated rings. The van der Waals surface area contributed by atoms with Crippen LogP contribution < -0.4 is 5.73 Å². The van der Waals surface area contributed by atoms with Gasteiger partial charge in [-0.3, -0.25) is 0 Å². The van der Waals surface area contributed by atoms with Gasteiger partial charge in [0.1, 0.15) is 4.34 Å². The smallest absolute Gasteiger partial charge is 0.174 e. The molecule has 2 aromatic heterocycles. The SMILES string of the molecule is CC(C)Cc1c(N)noc1-c1cc(Cl)sc1Cl. The highest BCUT2D eigenvalue weighted by Crippen LogP contribution is 2.41. The Bertz CT molecular complexity index is 534. The number of nitrogen functional groups attached to an aromatic ring is 1. The molecule has 0 aliphatic carbocycles. The lowest BCUT2D eigenvalue weighted by atomic mass is 10.0. The van der Waals surface area contributed by atoms with E-state index in [1.165, 1.54) is 11.3 Å². The highest BCUT2D eigenvalue weighted by molar-refractivity contribution is 7.20. The van der Waals surface area contributed by atoms with Gasteiger partial charge in [-0.25, -0.2) is 0 Å². The van der Waals surface area contributed by atoms with E-state index in [1.807, 2.05) is 0 Å². The van der Waals surface area contributed by atoms with Gasteiger partial charge in [0.15, 0.2) is 11.6 Å². The minimum atomic E-state index is 0.423. The maximum absolute atomic E-state index is 6.10. The first-order valence-corrected chi connectivity index (χ1v) is 6.75. The predicted octanol–water partition coefficient (Wildman–Crippen LogP) is 4.49. The van der Waals surface area contributed by atoms with Crippen LogP contribution in [0.15, 0.2) is 10.6 Å². The van der Waals surface area contributed by atoms with Crippen molar-refractivity contribution in [2.24, 2.45) is 5.92 Å². The Labute approximate surface area is 114 Å². The number of nitrogens with two attached hydrogens (primary N) is 1. The van der Waals surface area contributed by atoms with E-state index in [9.17, 15) is 0 Å². The number of rotatable bonds is 3. The fraction of sp³-hybridized carbons (Fsp3) is 0.364. The lowest BCUT2D eigenvalue weighted by Crippen LogP contribution is -1.98. The third-order valence-electron chi connectivity index (χ3n) is 2.33. The molecule has 2 N–H and O–H groups in total. The second-order valence-electron chi connectivity index (χ2n) is 4.21. The van der Waals surface area contributed by atoms with Gasteiger partial charge in [0.05, 0.1) is 9.90 Å². The van der Waals surface area contributed by atoms with Gasteiger partial charge in [0.25, 0.3) is 0 Å². The van der Waals surface area contributed by atoms with E-state index < -0.39 is 0 Å². The number of hydrogen-bond donors (Lipinski definition) is 1. The molecule has 0 spiro atoms. The summed E-state index contributed by atoms with van der Waals surface area (Å²) >= 11 is 13.3. The van der Waals surface area contributed by atoms with Crippen LogP contribution in [0.4, 0.5) is 5.82 Å². The molecule has 0 bridgehead atoms. The molecule has 17 heavy (non-hydrogen) atoms. The summed E-state index contributed by atoms with van der Waals surface area (Å²) in [7, 11) is 0. The molecule has 6 heteroatoms. The van der Waals surface area contributed by atoms with Gasteiger partial charge in [-0.15, -0.1) is 11.3 Å². The molecular formula is C11H12Cl2N2OS. The summed E-state index contributed by atoms with van der Waals surface area (Å²) < 4.78 is 6.48. The first-order valence-electron chi connectivity index (χ1n) is 5.18. The van der Waals surface area contributed by atoms with Gasteiger partial charge in [-0.2, -0.15) is 0 Å². The summed E-state index contributed by atoms with van der Waals surface area (Å²) in [4.78, 5) is 0. The maximum atomic E-state index is 6.10. The molecule has 0 aliphatic heterocycles. The number of thiophene rings is 1. The van der Waals surface area contributed by atoms with Gasteiger partial charge in [0, 0.05) is 5.56 Å². The van der Waals surface area contributed by atoms with Gasteiger partial charge < -0.3 is 10.3 Å². The van der Waals surface area contributed by atoms with E-state index in [0.29, 0.717) is 26.2 Å². The van der Waals surface area contributed by atoms with Crippen LogP contribution in [0.5, 0.6) is 0 Å². The fourth-order valence-electron chi connectivity index (χ4n) is 1.63. The van der Waals surface area contributed by atoms with Crippen LogP contribution >= 0.6 is 34.5 Å². The van der Waals surface area contributed by atoms with Crippen molar-refractivity contribution in [2.45, 2.75) is 20.3 Å². The highest BCUT2D eigenvalue weighted by Gasteiger charge is 2.20. The van der Waals surface area contributed by atoms with Gasteiger partial charge in [0.2, 0.25) is 0 Å². The van der Waals surface area contributed by atoms with Crippen LogP contribution in [0.2, 0.25) is 8.67 Å². The topological polar surface area (TPSA) is 52.0 Å².